The van der Waals surface area contributed by atoms with Crippen LogP contribution in [0.3, 0.4) is 0 Å². The molecule has 0 saturated heterocycles. The average molecular weight is 324 g/mol. The lowest BCUT2D eigenvalue weighted by Gasteiger charge is -1.94. The molecule has 0 radical (unpaired) electrons. The summed E-state index contributed by atoms with van der Waals surface area (Å²) in [4.78, 5) is 21.5. The van der Waals surface area contributed by atoms with Gasteiger partial charge in [-0.25, -0.2) is 9.59 Å². The van der Waals surface area contributed by atoms with Crippen LogP contribution >= 0.6 is 0 Å². The summed E-state index contributed by atoms with van der Waals surface area (Å²) < 4.78 is 9.70. The Balaban J connectivity index is 0.000000141. The Bertz CT molecular complexity index is 1030. The summed E-state index contributed by atoms with van der Waals surface area (Å²) in [7, 11) is 0. The van der Waals surface area contributed by atoms with Crippen LogP contribution in [0.2, 0.25) is 0 Å². The molecule has 0 saturated carbocycles. The van der Waals surface area contributed by atoms with Crippen molar-refractivity contribution >= 4 is 21.9 Å². The minimum Gasteiger partial charge on any atom is -0.508 e. The second-order valence-corrected chi connectivity index (χ2v) is 4.95. The lowest BCUT2D eigenvalue weighted by molar-refractivity contribution is 0.474. The lowest BCUT2D eigenvalue weighted by Crippen LogP contribution is -1.93. The van der Waals surface area contributed by atoms with Gasteiger partial charge in [0.05, 0.1) is 0 Å². The predicted molar refractivity (Wildman–Crippen MR) is 88.3 cm³/mol. The Morgan fingerprint density at radius 3 is 1.42 bits per heavy atom. The van der Waals surface area contributed by atoms with E-state index >= 15 is 0 Å². The summed E-state index contributed by atoms with van der Waals surface area (Å²) in [5, 5.41) is 19.6. The topological polar surface area (TPSA) is 101 Å². The highest BCUT2D eigenvalue weighted by atomic mass is 16.4. The zero-order valence-electron chi connectivity index (χ0n) is 12.3. The van der Waals surface area contributed by atoms with Gasteiger partial charge in [-0.15, -0.1) is 0 Å². The lowest BCUT2D eigenvalue weighted by atomic mass is 10.2. The molecule has 2 aromatic heterocycles. The fraction of sp³-hybridized carbons (Fsp3) is 0. The van der Waals surface area contributed by atoms with Crippen LogP contribution in [0.5, 0.6) is 11.5 Å². The van der Waals surface area contributed by atoms with Crippen molar-refractivity contribution in [3.8, 4) is 11.5 Å². The first-order valence-electron chi connectivity index (χ1n) is 6.97. The Hall–Kier alpha value is -3.54. The molecule has 0 aliphatic rings. The molecule has 120 valence electrons. The van der Waals surface area contributed by atoms with Crippen LogP contribution in [-0.2, 0) is 0 Å². The molecular formula is C18H12O6. The van der Waals surface area contributed by atoms with Crippen molar-refractivity contribution in [2.45, 2.75) is 0 Å². The predicted octanol–water partition coefficient (Wildman–Crippen LogP) is 3.00. The first kappa shape index (κ1) is 15.4. The van der Waals surface area contributed by atoms with Gasteiger partial charge >= 0.3 is 11.3 Å². The maximum absolute atomic E-state index is 10.7. The summed E-state index contributed by atoms with van der Waals surface area (Å²) >= 11 is 0. The zero-order chi connectivity index (χ0) is 17.1. The third kappa shape index (κ3) is 3.44. The molecule has 4 rings (SSSR count). The van der Waals surface area contributed by atoms with Crippen molar-refractivity contribution in [2.24, 2.45) is 0 Å². The molecule has 24 heavy (non-hydrogen) atoms. The second-order valence-electron chi connectivity index (χ2n) is 4.95. The molecule has 0 bridgehead atoms. The molecule has 0 aliphatic carbocycles. The van der Waals surface area contributed by atoms with Crippen LogP contribution in [0, 0.1) is 0 Å². The average Bonchev–Trinajstić information content (AvgIpc) is 2.56. The van der Waals surface area contributed by atoms with E-state index in [-0.39, 0.29) is 22.8 Å². The highest BCUT2D eigenvalue weighted by Crippen LogP contribution is 2.18. The Morgan fingerprint density at radius 2 is 1.00 bits per heavy atom. The number of phenols is 2. The Labute approximate surface area is 134 Å². The van der Waals surface area contributed by atoms with Gasteiger partial charge in [-0.05, 0) is 48.5 Å². The third-order valence-corrected chi connectivity index (χ3v) is 3.21. The highest BCUT2D eigenvalue weighted by Gasteiger charge is 1.97. The van der Waals surface area contributed by atoms with Gasteiger partial charge in [-0.1, -0.05) is 0 Å². The highest BCUT2D eigenvalue weighted by molar-refractivity contribution is 5.78. The molecule has 4 aromatic rings. The molecule has 2 N–H and O–H groups in total. The number of aromatic hydroxyl groups is 2. The molecule has 0 fully saturated rings. The van der Waals surface area contributed by atoms with Crippen LogP contribution in [0.4, 0.5) is 0 Å². The van der Waals surface area contributed by atoms with E-state index in [0.29, 0.717) is 11.2 Å². The van der Waals surface area contributed by atoms with Crippen LogP contribution in [-0.4, -0.2) is 10.2 Å². The van der Waals surface area contributed by atoms with Gasteiger partial charge in [-0.2, -0.15) is 0 Å². The molecule has 0 aliphatic heterocycles. The molecule has 0 unspecified atom stereocenters. The number of rotatable bonds is 0. The molecule has 0 spiro atoms. The van der Waals surface area contributed by atoms with E-state index in [1.807, 2.05) is 0 Å². The molecule has 2 aromatic carbocycles. The summed E-state index contributed by atoms with van der Waals surface area (Å²) in [6.45, 7) is 0. The maximum Gasteiger partial charge on any atom is 0.336 e. The van der Waals surface area contributed by atoms with Gasteiger partial charge in [0.2, 0.25) is 0 Å². The van der Waals surface area contributed by atoms with E-state index in [2.05, 4.69) is 0 Å². The minimum atomic E-state index is -0.381. The Morgan fingerprint density at radius 1 is 0.583 bits per heavy atom. The van der Waals surface area contributed by atoms with Crippen LogP contribution in [0.15, 0.2) is 79.1 Å². The smallest absolute Gasteiger partial charge is 0.336 e. The summed E-state index contributed by atoms with van der Waals surface area (Å²) in [6, 6.07) is 15.0. The summed E-state index contributed by atoms with van der Waals surface area (Å²) in [6.07, 6.45) is 0. The fourth-order valence-corrected chi connectivity index (χ4v) is 2.12. The van der Waals surface area contributed by atoms with Crippen molar-refractivity contribution < 1.29 is 19.0 Å². The number of hydrogen-bond acceptors (Lipinski definition) is 6. The van der Waals surface area contributed by atoms with Gasteiger partial charge in [0.25, 0.3) is 0 Å². The minimum absolute atomic E-state index is 0.163. The Kier molecular flexibility index (Phi) is 4.03. The maximum atomic E-state index is 10.7. The SMILES string of the molecule is O=c1ccc2cc(O)ccc2o1.O=c1ccc2cc(O)ccc2o1. The summed E-state index contributed by atoms with van der Waals surface area (Å²) in [5.41, 5.74) is 0.210. The van der Waals surface area contributed by atoms with Crippen molar-refractivity contribution in [3.05, 3.63) is 81.5 Å². The molecule has 2 heterocycles. The van der Waals surface area contributed by atoms with Crippen LogP contribution in [0.25, 0.3) is 21.9 Å². The molecule has 6 nitrogen and oxygen atoms in total. The monoisotopic (exact) mass is 324 g/mol. The van der Waals surface area contributed by atoms with Crippen molar-refractivity contribution in [3.63, 3.8) is 0 Å². The van der Waals surface area contributed by atoms with Crippen molar-refractivity contribution in [2.75, 3.05) is 0 Å². The van der Waals surface area contributed by atoms with Gasteiger partial charge in [0.15, 0.2) is 0 Å². The first-order chi connectivity index (χ1) is 11.5. The standard InChI is InChI=1S/2C9H6O3/c2*10-7-2-3-8-6(5-7)1-4-9(11)12-8/h2*1-5,10H. The van der Waals surface area contributed by atoms with E-state index < -0.39 is 0 Å². The quantitative estimate of drug-likeness (QED) is 0.482. The molecule has 6 heteroatoms. The molecular weight excluding hydrogens is 312 g/mol. The normalized spacial score (nSPS) is 10.3. The van der Waals surface area contributed by atoms with Crippen LogP contribution < -0.4 is 11.3 Å². The second kappa shape index (κ2) is 6.29. The van der Waals surface area contributed by atoms with Gasteiger partial charge in [-0.3, -0.25) is 0 Å². The third-order valence-electron chi connectivity index (χ3n) is 3.21. The van der Waals surface area contributed by atoms with Gasteiger partial charge < -0.3 is 19.0 Å². The van der Waals surface area contributed by atoms with E-state index in [9.17, 15) is 9.59 Å². The number of fused-ring (bicyclic) bond motifs is 2. The summed E-state index contributed by atoms with van der Waals surface area (Å²) in [5.74, 6) is 0.327. The molecule has 0 amide bonds. The zero-order valence-corrected chi connectivity index (χ0v) is 12.3. The van der Waals surface area contributed by atoms with Crippen molar-refractivity contribution in [1.82, 2.24) is 0 Å². The first-order valence-corrected chi connectivity index (χ1v) is 6.97. The largest absolute Gasteiger partial charge is 0.508 e. The number of hydrogen-bond donors (Lipinski definition) is 2. The number of benzene rings is 2. The van der Waals surface area contributed by atoms with Crippen molar-refractivity contribution in [1.29, 1.82) is 0 Å². The fourth-order valence-electron chi connectivity index (χ4n) is 2.12. The van der Waals surface area contributed by atoms with E-state index in [0.717, 1.165) is 10.8 Å². The van der Waals surface area contributed by atoms with E-state index in [1.54, 1.807) is 24.3 Å². The number of phenolic OH excluding ortho intramolecular Hbond substituents is 2. The van der Waals surface area contributed by atoms with E-state index in [4.69, 9.17) is 19.0 Å². The van der Waals surface area contributed by atoms with Gasteiger partial charge in [0, 0.05) is 22.9 Å². The molecule has 0 atom stereocenters. The van der Waals surface area contributed by atoms with Gasteiger partial charge in [0.1, 0.15) is 22.7 Å². The van der Waals surface area contributed by atoms with E-state index in [1.165, 1.54) is 36.4 Å². The van der Waals surface area contributed by atoms with Crippen LogP contribution in [0.1, 0.15) is 0 Å².